The first-order valence-electron chi connectivity index (χ1n) is 12.4. The van der Waals surface area contributed by atoms with Gasteiger partial charge in [-0.15, -0.1) is 0 Å². The van der Waals surface area contributed by atoms with Crippen LogP contribution in [0.25, 0.3) is 27.7 Å². The summed E-state index contributed by atoms with van der Waals surface area (Å²) in [6.45, 7) is 9.46. The third-order valence-electron chi connectivity index (χ3n) is 6.65. The maximum atomic E-state index is 4.61. The number of hydrogen-bond donors (Lipinski definition) is 2. The van der Waals surface area contributed by atoms with Crippen molar-refractivity contribution < 1.29 is 0 Å². The number of hydrogen-bond acceptors (Lipinski definition) is 7. The highest BCUT2D eigenvalue weighted by Crippen LogP contribution is 2.29. The molecule has 8 heteroatoms. The average molecular weight is 483 g/mol. The van der Waals surface area contributed by atoms with Gasteiger partial charge in [-0.1, -0.05) is 12.6 Å². The van der Waals surface area contributed by atoms with E-state index in [2.05, 4.69) is 92.2 Å². The Balaban J connectivity index is 1.31. The maximum absolute atomic E-state index is 4.61. The molecule has 2 N–H and O–H groups in total. The zero-order valence-corrected chi connectivity index (χ0v) is 21.3. The van der Waals surface area contributed by atoms with Crippen molar-refractivity contribution in [1.29, 1.82) is 0 Å². The summed E-state index contributed by atoms with van der Waals surface area (Å²) in [5.41, 5.74) is 6.83. The molecule has 0 unspecified atom stereocenters. The van der Waals surface area contributed by atoms with Gasteiger partial charge in [-0.25, -0.2) is 4.98 Å². The number of anilines is 2. The summed E-state index contributed by atoms with van der Waals surface area (Å²) in [5, 5.41) is 12.1. The molecule has 0 spiro atoms. The molecule has 5 rings (SSSR count). The third-order valence-corrected chi connectivity index (χ3v) is 6.65. The first-order valence-corrected chi connectivity index (χ1v) is 12.4. The smallest absolute Gasteiger partial charge is 0.128 e. The molecule has 0 amide bonds. The second-order valence-electron chi connectivity index (χ2n) is 9.78. The molecule has 8 nitrogen and oxygen atoms in total. The lowest BCUT2D eigenvalue weighted by atomic mass is 10.0. The van der Waals surface area contributed by atoms with E-state index in [9.17, 15) is 0 Å². The minimum atomic E-state index is 0.721. The molecule has 4 heterocycles. The third kappa shape index (κ3) is 5.40. The Morgan fingerprint density at radius 1 is 1.03 bits per heavy atom. The van der Waals surface area contributed by atoms with Gasteiger partial charge in [-0.2, -0.15) is 5.10 Å². The van der Waals surface area contributed by atoms with Gasteiger partial charge < -0.3 is 15.1 Å². The second kappa shape index (κ2) is 10.5. The van der Waals surface area contributed by atoms with Crippen LogP contribution in [0.15, 0.2) is 61.6 Å². The summed E-state index contributed by atoms with van der Waals surface area (Å²) in [7, 11) is 6.20. The molecule has 1 aliphatic heterocycles. The number of likely N-dealkylation sites (N-methyl/N-ethyl adjacent to an activating group) is 2. The Kier molecular flexibility index (Phi) is 6.97. The quantitative estimate of drug-likeness (QED) is 0.349. The Labute approximate surface area is 212 Å². The van der Waals surface area contributed by atoms with Crippen molar-refractivity contribution in [1.82, 2.24) is 30.0 Å². The highest BCUT2D eigenvalue weighted by atomic mass is 15.2. The first kappa shape index (κ1) is 24.0. The Morgan fingerprint density at radius 2 is 1.89 bits per heavy atom. The van der Waals surface area contributed by atoms with E-state index >= 15 is 0 Å². The van der Waals surface area contributed by atoms with Crippen molar-refractivity contribution in [3.8, 4) is 11.1 Å². The van der Waals surface area contributed by atoms with Gasteiger partial charge in [0.25, 0.3) is 0 Å². The van der Waals surface area contributed by atoms with Crippen molar-refractivity contribution in [3.63, 3.8) is 0 Å². The van der Waals surface area contributed by atoms with Crippen molar-refractivity contribution >= 4 is 28.1 Å². The standard InChI is InChI=1S/C28H34N8/c1-20(31-24-7-9-27(30-18-24)35(4)13-12-34(2)3)28-25-15-22(6-8-26(25)32-33-28)23-14-21(16-29-17-23)19-36-10-5-11-36/h6-9,14-18,31H,1,5,10-13,19H2,2-4H3,(H,32,33). The normalized spacial score (nSPS) is 13.7. The molecule has 1 aromatic carbocycles. The summed E-state index contributed by atoms with van der Waals surface area (Å²) in [5.74, 6) is 0.938. The van der Waals surface area contributed by atoms with E-state index in [1.165, 1.54) is 25.1 Å². The number of nitrogens with one attached hydrogen (secondary N) is 2. The van der Waals surface area contributed by atoms with E-state index < -0.39 is 0 Å². The molecule has 3 aromatic heterocycles. The van der Waals surface area contributed by atoms with Gasteiger partial charge in [0.15, 0.2) is 0 Å². The van der Waals surface area contributed by atoms with E-state index in [1.807, 2.05) is 30.7 Å². The van der Waals surface area contributed by atoms with Gasteiger partial charge in [-0.05, 0) is 75.1 Å². The number of benzene rings is 1. The van der Waals surface area contributed by atoms with Crippen LogP contribution in [0.1, 0.15) is 17.7 Å². The summed E-state index contributed by atoms with van der Waals surface area (Å²) < 4.78 is 0. The molecule has 0 bridgehead atoms. The van der Waals surface area contributed by atoms with E-state index in [-0.39, 0.29) is 0 Å². The zero-order valence-electron chi connectivity index (χ0n) is 21.3. The van der Waals surface area contributed by atoms with Crippen LogP contribution in [0.3, 0.4) is 0 Å². The molecule has 36 heavy (non-hydrogen) atoms. The molecule has 1 saturated heterocycles. The van der Waals surface area contributed by atoms with Gasteiger partial charge in [0.05, 0.1) is 23.1 Å². The summed E-state index contributed by atoms with van der Waals surface area (Å²) in [6.07, 6.45) is 7.02. The van der Waals surface area contributed by atoms with Crippen molar-refractivity contribution in [2.45, 2.75) is 13.0 Å². The molecule has 186 valence electrons. The largest absolute Gasteiger partial charge is 0.358 e. The predicted molar refractivity (Wildman–Crippen MR) is 148 cm³/mol. The molecular formula is C28H34N8. The SMILES string of the molecule is C=C(Nc1ccc(N(C)CCN(C)C)nc1)c1n[nH]c2ccc(-c3cncc(CN4CCC4)c3)cc12. The van der Waals surface area contributed by atoms with Crippen LogP contribution in [-0.4, -0.2) is 77.3 Å². The highest BCUT2D eigenvalue weighted by Gasteiger charge is 2.15. The predicted octanol–water partition coefficient (Wildman–Crippen LogP) is 4.31. The van der Waals surface area contributed by atoms with Crippen LogP contribution in [-0.2, 0) is 6.54 Å². The number of aromatic nitrogens is 4. The summed E-state index contributed by atoms with van der Waals surface area (Å²) >= 11 is 0. The number of rotatable bonds is 10. The lowest BCUT2D eigenvalue weighted by Crippen LogP contribution is -2.36. The van der Waals surface area contributed by atoms with Crippen molar-refractivity contribution in [3.05, 3.63) is 72.8 Å². The molecule has 0 atom stereocenters. The minimum absolute atomic E-state index is 0.721. The van der Waals surface area contributed by atoms with Gasteiger partial charge in [0.2, 0.25) is 0 Å². The van der Waals surface area contributed by atoms with Gasteiger partial charge in [-0.3, -0.25) is 15.0 Å². The Morgan fingerprint density at radius 3 is 2.61 bits per heavy atom. The molecule has 1 aliphatic rings. The van der Waals surface area contributed by atoms with Crippen molar-refractivity contribution in [2.24, 2.45) is 0 Å². The van der Waals surface area contributed by atoms with Gasteiger partial charge >= 0.3 is 0 Å². The minimum Gasteiger partial charge on any atom is -0.358 e. The van der Waals surface area contributed by atoms with E-state index in [1.54, 1.807) is 0 Å². The number of nitrogens with zero attached hydrogens (tertiary/aromatic N) is 6. The molecule has 0 saturated carbocycles. The lowest BCUT2D eigenvalue weighted by molar-refractivity contribution is 0.172. The number of H-pyrrole nitrogens is 1. The fourth-order valence-electron chi connectivity index (χ4n) is 4.34. The van der Waals surface area contributed by atoms with E-state index in [0.29, 0.717) is 0 Å². The monoisotopic (exact) mass is 482 g/mol. The zero-order chi connectivity index (χ0) is 25.1. The Bertz CT molecular complexity index is 1340. The maximum Gasteiger partial charge on any atom is 0.128 e. The fourth-order valence-corrected chi connectivity index (χ4v) is 4.34. The number of aromatic amines is 1. The lowest BCUT2D eigenvalue weighted by Gasteiger charge is -2.30. The summed E-state index contributed by atoms with van der Waals surface area (Å²) in [4.78, 5) is 15.9. The van der Waals surface area contributed by atoms with Crippen LogP contribution >= 0.6 is 0 Å². The van der Waals surface area contributed by atoms with Crippen molar-refractivity contribution in [2.75, 3.05) is 57.5 Å². The van der Waals surface area contributed by atoms with Gasteiger partial charge in [0, 0.05) is 50.0 Å². The average Bonchev–Trinajstić information content (AvgIpc) is 3.29. The molecule has 4 aromatic rings. The number of likely N-dealkylation sites (tertiary alicyclic amines) is 1. The molecule has 1 fully saturated rings. The molecule has 0 aliphatic carbocycles. The first-order chi connectivity index (χ1) is 17.5. The molecular weight excluding hydrogens is 448 g/mol. The van der Waals surface area contributed by atoms with Gasteiger partial charge in [0.1, 0.15) is 11.5 Å². The van der Waals surface area contributed by atoms with Crippen LogP contribution < -0.4 is 10.2 Å². The number of fused-ring (bicyclic) bond motifs is 1. The van der Waals surface area contributed by atoms with Crippen LogP contribution in [0.2, 0.25) is 0 Å². The van der Waals surface area contributed by atoms with E-state index in [0.717, 1.165) is 64.6 Å². The number of pyridine rings is 2. The summed E-state index contributed by atoms with van der Waals surface area (Å²) in [6, 6.07) is 12.6. The van der Waals surface area contributed by atoms with Crippen LogP contribution in [0.5, 0.6) is 0 Å². The van der Waals surface area contributed by atoms with E-state index in [4.69, 9.17) is 0 Å². The Hall–Kier alpha value is -3.75. The van der Waals surface area contributed by atoms with Crippen LogP contribution in [0, 0.1) is 0 Å². The second-order valence-corrected chi connectivity index (χ2v) is 9.78. The fraction of sp³-hybridized carbons (Fsp3) is 0.321. The molecule has 0 radical (unpaired) electrons. The topological polar surface area (TPSA) is 76.2 Å². The highest BCUT2D eigenvalue weighted by molar-refractivity contribution is 5.95. The van der Waals surface area contributed by atoms with Crippen LogP contribution in [0.4, 0.5) is 11.5 Å².